The van der Waals surface area contributed by atoms with Crippen LogP contribution in [-0.2, 0) is 28.1 Å². The van der Waals surface area contributed by atoms with Crippen LogP contribution in [0.3, 0.4) is 0 Å². The molecule has 0 aromatic rings. The highest BCUT2D eigenvalue weighted by atomic mass is 28.4. The van der Waals surface area contributed by atoms with Crippen molar-refractivity contribution in [1.82, 2.24) is 0 Å². The number of ether oxygens (including phenoxy) is 5. The van der Waals surface area contributed by atoms with Crippen LogP contribution in [0.15, 0.2) is 0 Å². The van der Waals surface area contributed by atoms with Crippen molar-refractivity contribution < 1.29 is 28.1 Å². The first-order valence-corrected chi connectivity index (χ1v) is 12.2. The first-order chi connectivity index (χ1) is 12.3. The van der Waals surface area contributed by atoms with Crippen LogP contribution in [0.5, 0.6) is 0 Å². The van der Waals surface area contributed by atoms with Crippen LogP contribution in [0.4, 0.5) is 0 Å². The van der Waals surface area contributed by atoms with Crippen LogP contribution in [0.1, 0.15) is 20.8 Å². The van der Waals surface area contributed by atoms with Gasteiger partial charge in [-0.15, -0.1) is 6.42 Å². The lowest BCUT2D eigenvalue weighted by molar-refractivity contribution is -0.0113. The van der Waals surface area contributed by atoms with E-state index >= 15 is 0 Å². The Bertz CT molecular complexity index is 362. The van der Waals surface area contributed by atoms with E-state index in [0.717, 1.165) is 0 Å². The van der Waals surface area contributed by atoms with Gasteiger partial charge in [0.1, 0.15) is 6.61 Å². The fourth-order valence-electron chi connectivity index (χ4n) is 1.58. The van der Waals surface area contributed by atoms with Crippen LogP contribution >= 0.6 is 0 Å². The number of terminal acetylenes is 1. The molecule has 0 aliphatic heterocycles. The molecular weight excluding hydrogens is 352 g/mol. The lowest BCUT2D eigenvalue weighted by atomic mass is 10.2. The van der Waals surface area contributed by atoms with Crippen molar-refractivity contribution in [2.75, 3.05) is 72.7 Å². The highest BCUT2D eigenvalue weighted by Gasteiger charge is 2.36. The molecule has 0 rings (SSSR count). The van der Waals surface area contributed by atoms with Gasteiger partial charge in [0.05, 0.1) is 66.1 Å². The third-order valence-corrected chi connectivity index (χ3v) is 8.71. The first kappa shape index (κ1) is 25.5. The fourth-order valence-corrected chi connectivity index (χ4v) is 2.61. The van der Waals surface area contributed by atoms with Gasteiger partial charge in [-0.2, -0.15) is 0 Å². The van der Waals surface area contributed by atoms with Crippen LogP contribution in [-0.4, -0.2) is 81.0 Å². The maximum atomic E-state index is 6.04. The average molecular weight is 391 g/mol. The summed E-state index contributed by atoms with van der Waals surface area (Å²) in [6.45, 7) is 17.1. The van der Waals surface area contributed by atoms with Gasteiger partial charge in [0.15, 0.2) is 8.32 Å². The fraction of sp³-hybridized carbons (Fsp3) is 0.895. The summed E-state index contributed by atoms with van der Waals surface area (Å²) in [4.78, 5) is 0. The molecule has 154 valence electrons. The van der Waals surface area contributed by atoms with Crippen LogP contribution < -0.4 is 0 Å². The predicted octanol–water partition coefficient (Wildman–Crippen LogP) is 2.72. The van der Waals surface area contributed by atoms with Crippen LogP contribution in [0.2, 0.25) is 18.1 Å². The molecular formula is C19H38O6Si. The van der Waals surface area contributed by atoms with Gasteiger partial charge in [-0.25, -0.2) is 0 Å². The quantitative estimate of drug-likeness (QED) is 0.216. The van der Waals surface area contributed by atoms with Gasteiger partial charge >= 0.3 is 0 Å². The molecule has 0 unspecified atom stereocenters. The third-order valence-electron chi connectivity index (χ3n) is 4.17. The first-order valence-electron chi connectivity index (χ1n) is 9.27. The zero-order valence-electron chi connectivity index (χ0n) is 17.3. The van der Waals surface area contributed by atoms with Crippen LogP contribution in [0, 0.1) is 12.3 Å². The second-order valence-electron chi connectivity index (χ2n) is 7.31. The minimum Gasteiger partial charge on any atom is -0.414 e. The van der Waals surface area contributed by atoms with Gasteiger partial charge in [-0.3, -0.25) is 0 Å². The normalized spacial score (nSPS) is 12.3. The van der Waals surface area contributed by atoms with Crippen molar-refractivity contribution >= 4 is 8.32 Å². The Labute approximate surface area is 160 Å². The molecule has 0 N–H and O–H groups in total. The van der Waals surface area contributed by atoms with Crippen molar-refractivity contribution in [3.8, 4) is 12.3 Å². The van der Waals surface area contributed by atoms with E-state index in [-0.39, 0.29) is 5.04 Å². The zero-order chi connectivity index (χ0) is 19.7. The zero-order valence-corrected chi connectivity index (χ0v) is 18.3. The minimum atomic E-state index is -1.67. The van der Waals surface area contributed by atoms with E-state index in [4.69, 9.17) is 34.5 Å². The Morgan fingerprint density at radius 3 is 1.35 bits per heavy atom. The number of hydrogen-bond donors (Lipinski definition) is 0. The lowest BCUT2D eigenvalue weighted by Crippen LogP contribution is -2.41. The molecule has 0 atom stereocenters. The summed E-state index contributed by atoms with van der Waals surface area (Å²) < 4.78 is 32.8. The summed E-state index contributed by atoms with van der Waals surface area (Å²) in [6, 6.07) is 0. The molecule has 7 heteroatoms. The SMILES string of the molecule is C#CCOCCOCCOCCOCCOCCO[Si](C)(C)C(C)(C)C. The van der Waals surface area contributed by atoms with E-state index in [1.165, 1.54) is 0 Å². The molecule has 26 heavy (non-hydrogen) atoms. The molecule has 0 spiro atoms. The minimum absolute atomic E-state index is 0.233. The molecule has 0 aliphatic carbocycles. The Morgan fingerprint density at radius 2 is 1.00 bits per heavy atom. The smallest absolute Gasteiger partial charge is 0.192 e. The van der Waals surface area contributed by atoms with Gasteiger partial charge in [-0.05, 0) is 18.1 Å². The van der Waals surface area contributed by atoms with E-state index in [2.05, 4.69) is 39.8 Å². The maximum Gasteiger partial charge on any atom is 0.192 e. The molecule has 6 nitrogen and oxygen atoms in total. The van der Waals surface area contributed by atoms with E-state index in [9.17, 15) is 0 Å². The van der Waals surface area contributed by atoms with E-state index in [0.29, 0.717) is 72.7 Å². The Balaban J connectivity index is 3.22. The molecule has 0 amide bonds. The maximum absolute atomic E-state index is 6.04. The molecule has 0 aliphatic rings. The molecule has 0 saturated carbocycles. The summed E-state index contributed by atoms with van der Waals surface area (Å²) in [7, 11) is -1.67. The van der Waals surface area contributed by atoms with E-state index in [1.54, 1.807) is 0 Å². The van der Waals surface area contributed by atoms with Gasteiger partial charge in [0.25, 0.3) is 0 Å². The van der Waals surface area contributed by atoms with E-state index in [1.807, 2.05) is 0 Å². The summed E-state index contributed by atoms with van der Waals surface area (Å²) in [5.74, 6) is 2.40. The summed E-state index contributed by atoms with van der Waals surface area (Å²) >= 11 is 0. The summed E-state index contributed by atoms with van der Waals surface area (Å²) in [5.41, 5.74) is 0. The molecule has 0 bridgehead atoms. The van der Waals surface area contributed by atoms with Crippen molar-refractivity contribution in [3.63, 3.8) is 0 Å². The highest BCUT2D eigenvalue weighted by Crippen LogP contribution is 2.36. The van der Waals surface area contributed by atoms with E-state index < -0.39 is 8.32 Å². The van der Waals surface area contributed by atoms with Gasteiger partial charge in [0.2, 0.25) is 0 Å². The van der Waals surface area contributed by atoms with Gasteiger partial charge < -0.3 is 28.1 Å². The Kier molecular flexibility index (Phi) is 15.3. The standard InChI is InChI=1S/C19H38O6Si/c1-7-8-20-9-10-21-11-12-22-13-14-23-15-16-24-17-18-25-26(5,6)19(2,3)4/h1H,8-18H2,2-6H3. The second kappa shape index (κ2) is 15.6. The molecule has 0 aromatic heterocycles. The monoisotopic (exact) mass is 390 g/mol. The molecule has 0 heterocycles. The van der Waals surface area contributed by atoms with Crippen molar-refractivity contribution in [2.45, 2.75) is 38.9 Å². The summed E-state index contributed by atoms with van der Waals surface area (Å²) in [6.07, 6.45) is 5.06. The van der Waals surface area contributed by atoms with Crippen molar-refractivity contribution in [2.24, 2.45) is 0 Å². The Hall–Kier alpha value is -0.463. The van der Waals surface area contributed by atoms with Crippen molar-refractivity contribution in [3.05, 3.63) is 0 Å². The van der Waals surface area contributed by atoms with Crippen LogP contribution in [0.25, 0.3) is 0 Å². The third kappa shape index (κ3) is 14.7. The average Bonchev–Trinajstić information content (AvgIpc) is 2.56. The molecule has 0 radical (unpaired) electrons. The summed E-state index contributed by atoms with van der Waals surface area (Å²) in [5, 5.41) is 0.233. The molecule has 0 saturated heterocycles. The van der Waals surface area contributed by atoms with Gasteiger partial charge in [-0.1, -0.05) is 26.7 Å². The number of rotatable bonds is 17. The second-order valence-corrected chi connectivity index (χ2v) is 12.1. The van der Waals surface area contributed by atoms with Crippen molar-refractivity contribution in [1.29, 1.82) is 0 Å². The molecule has 0 aromatic carbocycles. The number of hydrogen-bond acceptors (Lipinski definition) is 6. The lowest BCUT2D eigenvalue weighted by Gasteiger charge is -2.36. The Morgan fingerprint density at radius 1 is 0.654 bits per heavy atom. The van der Waals surface area contributed by atoms with Gasteiger partial charge in [0, 0.05) is 0 Å². The molecule has 0 fully saturated rings. The topological polar surface area (TPSA) is 55.4 Å². The highest BCUT2D eigenvalue weighted by molar-refractivity contribution is 6.74. The predicted molar refractivity (Wildman–Crippen MR) is 106 cm³/mol. The largest absolute Gasteiger partial charge is 0.414 e.